The number of benzene rings is 1. The predicted molar refractivity (Wildman–Crippen MR) is 105 cm³/mol. The third-order valence-corrected chi connectivity index (χ3v) is 5.57. The molecule has 1 aliphatic heterocycles. The summed E-state index contributed by atoms with van der Waals surface area (Å²) in [5, 5.41) is 4.70. The van der Waals surface area contributed by atoms with Crippen LogP contribution in [0.1, 0.15) is 22.5 Å². The van der Waals surface area contributed by atoms with Crippen molar-refractivity contribution in [2.75, 3.05) is 25.0 Å². The van der Waals surface area contributed by atoms with Crippen LogP contribution >= 0.6 is 22.9 Å². The molecule has 2 amide bonds. The molecule has 3 rings (SSSR count). The average Bonchev–Trinajstić information content (AvgIpc) is 3.21. The van der Waals surface area contributed by atoms with E-state index < -0.39 is 12.8 Å². The van der Waals surface area contributed by atoms with Crippen LogP contribution in [-0.2, 0) is 4.79 Å². The van der Waals surface area contributed by atoms with Gasteiger partial charge in [0.15, 0.2) is 6.61 Å². The Morgan fingerprint density at radius 1 is 1.24 bits per heavy atom. The SMILES string of the molecule is O=C(Nc1cc(Cl)ccc1OCC(F)(F)F)C1CCN(C(=O)c2cccs2)CC1. The maximum absolute atomic E-state index is 12.6. The van der Waals surface area contributed by atoms with Crippen molar-refractivity contribution < 1.29 is 27.5 Å². The van der Waals surface area contributed by atoms with Gasteiger partial charge in [0, 0.05) is 24.0 Å². The number of nitrogens with zero attached hydrogens (tertiary/aromatic N) is 1. The topological polar surface area (TPSA) is 58.6 Å². The van der Waals surface area contributed by atoms with Gasteiger partial charge in [-0.15, -0.1) is 11.3 Å². The van der Waals surface area contributed by atoms with E-state index in [9.17, 15) is 22.8 Å². The molecule has 0 atom stereocenters. The van der Waals surface area contributed by atoms with E-state index >= 15 is 0 Å². The first kappa shape index (κ1) is 21.4. The third-order valence-electron chi connectivity index (χ3n) is 4.48. The number of likely N-dealkylation sites (tertiary alicyclic amines) is 1. The van der Waals surface area contributed by atoms with Gasteiger partial charge < -0.3 is 15.0 Å². The Morgan fingerprint density at radius 2 is 1.97 bits per heavy atom. The van der Waals surface area contributed by atoms with Gasteiger partial charge in [-0.25, -0.2) is 0 Å². The lowest BCUT2D eigenvalue weighted by molar-refractivity contribution is -0.153. The van der Waals surface area contributed by atoms with E-state index in [0.29, 0.717) is 30.8 Å². The predicted octanol–water partition coefficient (Wildman–Crippen LogP) is 4.83. The van der Waals surface area contributed by atoms with Crippen molar-refractivity contribution in [2.24, 2.45) is 5.92 Å². The van der Waals surface area contributed by atoms with E-state index in [1.807, 2.05) is 11.4 Å². The summed E-state index contributed by atoms with van der Waals surface area (Å²) in [6, 6.07) is 7.58. The van der Waals surface area contributed by atoms with Gasteiger partial charge in [0.25, 0.3) is 5.91 Å². The first-order chi connectivity index (χ1) is 13.7. The van der Waals surface area contributed by atoms with Gasteiger partial charge in [-0.2, -0.15) is 13.2 Å². The third kappa shape index (κ3) is 5.86. The van der Waals surface area contributed by atoms with Crippen LogP contribution in [0.5, 0.6) is 5.75 Å². The molecule has 0 saturated carbocycles. The number of hydrogen-bond donors (Lipinski definition) is 1. The van der Waals surface area contributed by atoms with Crippen molar-refractivity contribution in [2.45, 2.75) is 19.0 Å². The monoisotopic (exact) mass is 446 g/mol. The zero-order valence-corrected chi connectivity index (χ0v) is 16.7. The Balaban J connectivity index is 1.59. The molecule has 2 aromatic rings. The minimum atomic E-state index is -4.50. The summed E-state index contributed by atoms with van der Waals surface area (Å²) >= 11 is 7.27. The van der Waals surface area contributed by atoms with Gasteiger partial charge in [0.05, 0.1) is 10.6 Å². The number of carbonyl (C=O) groups excluding carboxylic acids is 2. The second kappa shape index (κ2) is 9.04. The molecule has 0 bridgehead atoms. The maximum Gasteiger partial charge on any atom is 0.422 e. The number of halogens is 4. The largest absolute Gasteiger partial charge is 0.482 e. The standard InChI is InChI=1S/C19H18ClF3N2O3S/c20-13-3-4-15(28-11-19(21,22)23)14(10-13)24-17(26)12-5-7-25(8-6-12)18(27)16-2-1-9-29-16/h1-4,9-10,12H,5-8,11H2,(H,24,26). The van der Waals surface area contributed by atoms with E-state index in [-0.39, 0.29) is 34.2 Å². The second-order valence-corrected chi connectivity index (χ2v) is 7.96. The molecule has 29 heavy (non-hydrogen) atoms. The highest BCUT2D eigenvalue weighted by Crippen LogP contribution is 2.31. The molecule has 1 N–H and O–H groups in total. The molecule has 2 heterocycles. The lowest BCUT2D eigenvalue weighted by Crippen LogP contribution is -2.41. The fraction of sp³-hybridized carbons (Fsp3) is 0.368. The Hall–Kier alpha value is -2.26. The summed E-state index contributed by atoms with van der Waals surface area (Å²) in [7, 11) is 0. The van der Waals surface area contributed by atoms with Gasteiger partial charge in [-0.3, -0.25) is 9.59 Å². The second-order valence-electron chi connectivity index (χ2n) is 6.58. The lowest BCUT2D eigenvalue weighted by atomic mass is 9.95. The number of hydrogen-bond acceptors (Lipinski definition) is 4. The van der Waals surface area contributed by atoms with Crippen molar-refractivity contribution in [3.63, 3.8) is 0 Å². The minimum absolute atomic E-state index is 0.0588. The highest BCUT2D eigenvalue weighted by molar-refractivity contribution is 7.12. The molecule has 1 saturated heterocycles. The molecule has 0 radical (unpaired) electrons. The molecule has 5 nitrogen and oxygen atoms in total. The number of ether oxygens (including phenoxy) is 1. The zero-order valence-electron chi connectivity index (χ0n) is 15.2. The van der Waals surface area contributed by atoms with Crippen LogP contribution in [0.2, 0.25) is 5.02 Å². The first-order valence-electron chi connectivity index (χ1n) is 8.85. The first-order valence-corrected chi connectivity index (χ1v) is 10.1. The molecule has 1 aromatic carbocycles. The molecule has 0 spiro atoms. The highest BCUT2D eigenvalue weighted by atomic mass is 35.5. The van der Waals surface area contributed by atoms with Crippen molar-refractivity contribution >= 4 is 40.4 Å². The van der Waals surface area contributed by atoms with Crippen LogP contribution in [0.4, 0.5) is 18.9 Å². The van der Waals surface area contributed by atoms with Gasteiger partial charge in [0.2, 0.25) is 5.91 Å². The maximum atomic E-state index is 12.6. The Morgan fingerprint density at radius 3 is 2.59 bits per heavy atom. The Labute approximate surface area is 174 Å². The fourth-order valence-electron chi connectivity index (χ4n) is 3.02. The van der Waals surface area contributed by atoms with E-state index in [2.05, 4.69) is 5.32 Å². The van der Waals surface area contributed by atoms with E-state index in [1.54, 1.807) is 11.0 Å². The lowest BCUT2D eigenvalue weighted by Gasteiger charge is -2.31. The van der Waals surface area contributed by atoms with Crippen LogP contribution in [-0.4, -0.2) is 42.6 Å². The minimum Gasteiger partial charge on any atom is -0.482 e. The quantitative estimate of drug-likeness (QED) is 0.715. The normalized spacial score (nSPS) is 15.2. The van der Waals surface area contributed by atoms with Crippen LogP contribution in [0, 0.1) is 5.92 Å². The van der Waals surface area contributed by atoms with Gasteiger partial charge in [-0.1, -0.05) is 17.7 Å². The number of amides is 2. The molecular weight excluding hydrogens is 429 g/mol. The number of nitrogens with one attached hydrogen (secondary N) is 1. The summed E-state index contributed by atoms with van der Waals surface area (Å²) in [4.78, 5) is 27.3. The number of alkyl halides is 3. The van der Waals surface area contributed by atoms with Gasteiger partial charge >= 0.3 is 6.18 Å². The summed E-state index contributed by atoms with van der Waals surface area (Å²) in [6.07, 6.45) is -3.58. The number of thiophene rings is 1. The zero-order chi connectivity index (χ0) is 21.0. The summed E-state index contributed by atoms with van der Waals surface area (Å²) in [6.45, 7) is -0.607. The summed E-state index contributed by atoms with van der Waals surface area (Å²) < 4.78 is 42.1. The summed E-state index contributed by atoms with van der Waals surface area (Å²) in [5.41, 5.74) is 0.0869. The molecule has 10 heteroatoms. The van der Waals surface area contributed by atoms with Gasteiger partial charge in [-0.05, 0) is 42.5 Å². The number of anilines is 1. The van der Waals surface area contributed by atoms with E-state index in [0.717, 1.165) is 0 Å². The average molecular weight is 447 g/mol. The molecule has 156 valence electrons. The van der Waals surface area contributed by atoms with Crippen molar-refractivity contribution in [1.29, 1.82) is 0 Å². The van der Waals surface area contributed by atoms with Crippen molar-refractivity contribution in [3.8, 4) is 5.75 Å². The number of rotatable bonds is 5. The molecule has 0 aliphatic carbocycles. The number of carbonyl (C=O) groups is 2. The molecule has 0 unspecified atom stereocenters. The van der Waals surface area contributed by atoms with Crippen LogP contribution in [0.3, 0.4) is 0 Å². The van der Waals surface area contributed by atoms with Crippen molar-refractivity contribution in [1.82, 2.24) is 4.90 Å². The van der Waals surface area contributed by atoms with Crippen LogP contribution in [0.25, 0.3) is 0 Å². The Kier molecular flexibility index (Phi) is 6.69. The van der Waals surface area contributed by atoms with Crippen LogP contribution in [0.15, 0.2) is 35.7 Å². The van der Waals surface area contributed by atoms with E-state index in [4.69, 9.17) is 16.3 Å². The van der Waals surface area contributed by atoms with Crippen molar-refractivity contribution in [3.05, 3.63) is 45.6 Å². The van der Waals surface area contributed by atoms with Crippen LogP contribution < -0.4 is 10.1 Å². The number of piperidine rings is 1. The summed E-state index contributed by atoms with van der Waals surface area (Å²) in [5.74, 6) is -0.869. The van der Waals surface area contributed by atoms with Gasteiger partial charge in [0.1, 0.15) is 5.75 Å². The van der Waals surface area contributed by atoms with E-state index in [1.165, 1.54) is 29.5 Å². The molecule has 1 fully saturated rings. The Bertz CT molecular complexity index is 866. The highest BCUT2D eigenvalue weighted by Gasteiger charge is 2.30. The molecule has 1 aromatic heterocycles. The molecule has 1 aliphatic rings. The smallest absolute Gasteiger partial charge is 0.422 e. The molecular formula is C19H18ClF3N2O3S. The fourth-order valence-corrected chi connectivity index (χ4v) is 3.88.